The lowest BCUT2D eigenvalue weighted by molar-refractivity contribution is -0.121. The van der Waals surface area contributed by atoms with Crippen LogP contribution >= 0.6 is 7.82 Å². The van der Waals surface area contributed by atoms with Gasteiger partial charge in [-0.05, 0) is 6.42 Å². The molecule has 1 unspecified atom stereocenters. The third-order valence-electron chi connectivity index (χ3n) is 1.65. The summed E-state index contributed by atoms with van der Waals surface area (Å²) in [6, 6.07) is 0. The van der Waals surface area contributed by atoms with E-state index in [-0.39, 0.29) is 19.0 Å². The molecule has 15 heavy (non-hydrogen) atoms. The first-order valence-electron chi connectivity index (χ1n) is 4.87. The van der Waals surface area contributed by atoms with E-state index in [9.17, 15) is 9.36 Å². The summed E-state index contributed by atoms with van der Waals surface area (Å²) in [6.07, 6.45) is 1.91. The van der Waals surface area contributed by atoms with Crippen LogP contribution < -0.4 is 5.90 Å². The van der Waals surface area contributed by atoms with Gasteiger partial charge in [0.25, 0.3) is 0 Å². The van der Waals surface area contributed by atoms with Crippen LogP contribution in [0.1, 0.15) is 33.1 Å². The fourth-order valence-electron chi connectivity index (χ4n) is 0.672. The number of hydrogen-bond donors (Lipinski definition) is 1. The van der Waals surface area contributed by atoms with Crippen LogP contribution in [0.5, 0.6) is 0 Å². The van der Waals surface area contributed by atoms with Crippen LogP contribution in [-0.4, -0.2) is 19.0 Å². The van der Waals surface area contributed by atoms with Gasteiger partial charge in [0.15, 0.2) is 5.78 Å². The van der Waals surface area contributed by atoms with E-state index in [2.05, 4.69) is 4.62 Å². The number of carbonyl (C=O) groups excluding carboxylic acids is 1. The van der Waals surface area contributed by atoms with Crippen molar-refractivity contribution >= 4 is 13.6 Å². The van der Waals surface area contributed by atoms with Gasteiger partial charge in [0.1, 0.15) is 6.61 Å². The number of hydrogen-bond acceptors (Lipinski definition) is 6. The van der Waals surface area contributed by atoms with Crippen molar-refractivity contribution in [1.82, 2.24) is 0 Å². The molecule has 0 aromatic carbocycles. The van der Waals surface area contributed by atoms with E-state index in [4.69, 9.17) is 14.9 Å². The molecule has 0 fully saturated rings. The predicted octanol–water partition coefficient (Wildman–Crippen LogP) is 1.80. The number of phosphoric acid groups is 1. The van der Waals surface area contributed by atoms with Gasteiger partial charge in [-0.25, -0.2) is 15.1 Å². The van der Waals surface area contributed by atoms with Gasteiger partial charge in [-0.1, -0.05) is 20.3 Å². The molecule has 2 N–H and O–H groups in total. The molecule has 0 saturated carbocycles. The molecule has 0 bridgehead atoms. The summed E-state index contributed by atoms with van der Waals surface area (Å²) < 4.78 is 25.2. The predicted molar refractivity (Wildman–Crippen MR) is 55.0 cm³/mol. The highest BCUT2D eigenvalue weighted by Crippen LogP contribution is 2.47. The molecule has 6 nitrogen and oxygen atoms in total. The van der Waals surface area contributed by atoms with E-state index in [1.54, 1.807) is 6.92 Å². The minimum Gasteiger partial charge on any atom is -0.297 e. The summed E-state index contributed by atoms with van der Waals surface area (Å²) in [5.41, 5.74) is 0. The van der Waals surface area contributed by atoms with Crippen molar-refractivity contribution < 1.29 is 23.0 Å². The highest BCUT2D eigenvalue weighted by Gasteiger charge is 2.26. The summed E-state index contributed by atoms with van der Waals surface area (Å²) in [6.45, 7) is 3.55. The Morgan fingerprint density at radius 2 is 2.00 bits per heavy atom. The van der Waals surface area contributed by atoms with Crippen molar-refractivity contribution in [2.45, 2.75) is 33.1 Å². The number of unbranched alkanes of at least 4 members (excludes halogenated alkanes) is 1. The number of Topliss-reactive ketones (excluding diaryl/α,β-unsaturated/α-hetero) is 1. The van der Waals surface area contributed by atoms with Crippen molar-refractivity contribution in [2.24, 2.45) is 5.90 Å². The van der Waals surface area contributed by atoms with Gasteiger partial charge in [0.2, 0.25) is 0 Å². The zero-order chi connectivity index (χ0) is 11.7. The summed E-state index contributed by atoms with van der Waals surface area (Å²) in [5.74, 6) is 4.60. The SMILES string of the molecule is CCCCOP(=O)(ON)OCC(=O)CC. The molecule has 0 saturated heterocycles. The Morgan fingerprint density at radius 3 is 2.47 bits per heavy atom. The average molecular weight is 239 g/mol. The first-order chi connectivity index (χ1) is 7.08. The maximum Gasteiger partial charge on any atom is 0.491 e. The zero-order valence-corrected chi connectivity index (χ0v) is 10.00. The second kappa shape index (κ2) is 7.96. The Bertz CT molecular complexity index is 233. The number of nitrogens with two attached hydrogens (primary N) is 1. The number of phosphoric ester groups is 1. The zero-order valence-electron chi connectivity index (χ0n) is 9.10. The minimum atomic E-state index is -3.74. The van der Waals surface area contributed by atoms with Gasteiger partial charge in [-0.3, -0.25) is 13.8 Å². The van der Waals surface area contributed by atoms with E-state index in [1.165, 1.54) is 0 Å². The molecule has 0 spiro atoms. The monoisotopic (exact) mass is 239 g/mol. The van der Waals surface area contributed by atoms with Crippen LogP contribution in [0.2, 0.25) is 0 Å². The molecule has 0 radical (unpaired) electrons. The topological polar surface area (TPSA) is 87.8 Å². The van der Waals surface area contributed by atoms with Gasteiger partial charge < -0.3 is 0 Å². The summed E-state index contributed by atoms with van der Waals surface area (Å²) >= 11 is 0. The van der Waals surface area contributed by atoms with E-state index >= 15 is 0 Å². The van der Waals surface area contributed by atoms with E-state index in [0.717, 1.165) is 12.8 Å². The maximum atomic E-state index is 11.5. The standard InChI is InChI=1S/C8H18NO5P/c1-3-5-6-12-15(11,14-9)13-7-8(10)4-2/h3-7,9H2,1-2H3. The second-order valence-electron chi connectivity index (χ2n) is 2.91. The van der Waals surface area contributed by atoms with Crippen molar-refractivity contribution in [2.75, 3.05) is 13.2 Å². The lowest BCUT2D eigenvalue weighted by Gasteiger charge is -2.14. The van der Waals surface area contributed by atoms with Crippen LogP contribution in [0.4, 0.5) is 0 Å². The first kappa shape index (κ1) is 14.7. The highest BCUT2D eigenvalue weighted by atomic mass is 31.2. The molecule has 0 aliphatic heterocycles. The van der Waals surface area contributed by atoms with Gasteiger partial charge >= 0.3 is 7.82 Å². The maximum absolute atomic E-state index is 11.5. The van der Waals surface area contributed by atoms with E-state index in [1.807, 2.05) is 6.92 Å². The molecule has 1 atom stereocenters. The van der Waals surface area contributed by atoms with Gasteiger partial charge in [-0.2, -0.15) is 0 Å². The van der Waals surface area contributed by atoms with Gasteiger partial charge in [-0.15, -0.1) is 0 Å². The van der Waals surface area contributed by atoms with E-state index < -0.39 is 7.82 Å². The summed E-state index contributed by atoms with van der Waals surface area (Å²) in [5, 5.41) is 0. The molecule has 0 amide bonds. The first-order valence-corrected chi connectivity index (χ1v) is 6.33. The quantitative estimate of drug-likeness (QED) is 0.375. The molecule has 0 aliphatic carbocycles. The molecular formula is C8H18NO5P. The molecule has 0 aliphatic rings. The van der Waals surface area contributed by atoms with E-state index in [0.29, 0.717) is 6.42 Å². The van der Waals surface area contributed by atoms with Crippen molar-refractivity contribution in [3.8, 4) is 0 Å². The lowest BCUT2D eigenvalue weighted by atomic mass is 10.3. The molecule has 0 rings (SSSR count). The molecule has 0 aromatic heterocycles. The lowest BCUT2D eigenvalue weighted by Crippen LogP contribution is -2.11. The van der Waals surface area contributed by atoms with Crippen LogP contribution in [0.3, 0.4) is 0 Å². The van der Waals surface area contributed by atoms with Crippen molar-refractivity contribution in [3.05, 3.63) is 0 Å². The summed E-state index contributed by atoms with van der Waals surface area (Å²) in [4.78, 5) is 10.9. The van der Waals surface area contributed by atoms with Crippen LogP contribution in [0, 0.1) is 0 Å². The fourth-order valence-corrected chi connectivity index (χ4v) is 1.52. The largest absolute Gasteiger partial charge is 0.491 e. The van der Waals surface area contributed by atoms with Crippen molar-refractivity contribution in [1.29, 1.82) is 0 Å². The van der Waals surface area contributed by atoms with Crippen molar-refractivity contribution in [3.63, 3.8) is 0 Å². The number of rotatable bonds is 9. The Hall–Kier alpha value is -0.260. The summed E-state index contributed by atoms with van der Waals surface area (Å²) in [7, 11) is -3.74. The smallest absolute Gasteiger partial charge is 0.297 e. The fraction of sp³-hybridized carbons (Fsp3) is 0.875. The molecule has 0 aromatic rings. The third kappa shape index (κ3) is 6.76. The van der Waals surface area contributed by atoms with Crippen LogP contribution in [-0.2, 0) is 23.0 Å². The molecule has 90 valence electrons. The number of ketones is 1. The Balaban J connectivity index is 3.96. The van der Waals surface area contributed by atoms with Gasteiger partial charge in [0.05, 0.1) is 6.61 Å². The Kier molecular flexibility index (Phi) is 7.82. The van der Waals surface area contributed by atoms with Crippen LogP contribution in [0.25, 0.3) is 0 Å². The second-order valence-corrected chi connectivity index (χ2v) is 4.53. The molecule has 7 heteroatoms. The number of carbonyl (C=O) groups is 1. The Morgan fingerprint density at radius 1 is 1.33 bits per heavy atom. The van der Waals surface area contributed by atoms with Crippen LogP contribution in [0.15, 0.2) is 0 Å². The third-order valence-corrected chi connectivity index (χ3v) is 2.86. The Labute approximate surface area is 89.6 Å². The molecular weight excluding hydrogens is 221 g/mol. The minimum absolute atomic E-state index is 0.189. The normalized spacial score (nSPS) is 14.9. The molecule has 0 heterocycles. The average Bonchev–Trinajstić information content (AvgIpc) is 2.26. The van der Waals surface area contributed by atoms with Gasteiger partial charge in [0, 0.05) is 6.42 Å². The highest BCUT2D eigenvalue weighted by molar-refractivity contribution is 7.48.